The zero-order valence-corrected chi connectivity index (χ0v) is 19.0. The number of nitrogens with one attached hydrogen (secondary N) is 1. The molecule has 0 atom stereocenters. The van der Waals surface area contributed by atoms with Crippen molar-refractivity contribution in [2.45, 2.75) is 32.9 Å². The van der Waals surface area contributed by atoms with E-state index in [0.29, 0.717) is 32.9 Å². The minimum absolute atomic E-state index is 0.0968. The van der Waals surface area contributed by atoms with Crippen molar-refractivity contribution in [1.29, 1.82) is 0 Å². The normalized spacial score (nSPS) is 10.8. The Labute approximate surface area is 194 Å². The Hall–Kier alpha value is -2.54. The van der Waals surface area contributed by atoms with E-state index in [-0.39, 0.29) is 12.1 Å². The van der Waals surface area contributed by atoms with Gasteiger partial charge in [0.25, 0.3) is 11.5 Å². The number of aromatic nitrogens is 2. The Kier molecular flexibility index (Phi) is 7.59. The van der Waals surface area contributed by atoms with E-state index in [9.17, 15) is 14.4 Å². The molecule has 1 heterocycles. The highest BCUT2D eigenvalue weighted by Gasteiger charge is 2.19. The molecule has 0 unspecified atom stereocenters. The lowest BCUT2D eigenvalue weighted by Gasteiger charge is -2.13. The SMILES string of the molecule is CCCCn1cc(C(=O)NCc2ccc(Cl)cc2Cl)c(=O)n(-c2cccc(Cl)c2)c1=O. The number of unbranched alkanes of at least 4 members (excludes halogenated alkanes) is 1. The zero-order valence-electron chi connectivity index (χ0n) is 16.7. The molecule has 0 saturated carbocycles. The Morgan fingerprint density at radius 3 is 2.45 bits per heavy atom. The number of carbonyl (C=O) groups is 1. The fourth-order valence-corrected chi connectivity index (χ4v) is 3.68. The van der Waals surface area contributed by atoms with Crippen LogP contribution in [0, 0.1) is 0 Å². The van der Waals surface area contributed by atoms with E-state index in [0.717, 1.165) is 17.4 Å². The first-order valence-electron chi connectivity index (χ1n) is 9.66. The molecule has 2 aromatic carbocycles. The van der Waals surface area contributed by atoms with Gasteiger partial charge >= 0.3 is 5.69 Å². The van der Waals surface area contributed by atoms with Crippen LogP contribution in [-0.4, -0.2) is 15.0 Å². The number of benzene rings is 2. The van der Waals surface area contributed by atoms with Gasteiger partial charge in [0.1, 0.15) is 5.56 Å². The standard InChI is InChI=1S/C22H20Cl3N3O3/c1-2-3-9-27-13-18(20(29)26-12-14-7-8-16(24)11-19(14)25)21(30)28(22(27)31)17-6-4-5-15(23)10-17/h4-8,10-11,13H,2-3,9,12H2,1H3,(H,26,29). The van der Waals surface area contributed by atoms with E-state index in [1.807, 2.05) is 6.92 Å². The number of amides is 1. The molecule has 3 rings (SSSR count). The third-order valence-electron chi connectivity index (χ3n) is 4.67. The molecule has 0 aliphatic heterocycles. The summed E-state index contributed by atoms with van der Waals surface area (Å²) < 4.78 is 2.34. The van der Waals surface area contributed by atoms with Crippen LogP contribution in [0.3, 0.4) is 0 Å². The molecule has 0 saturated heterocycles. The number of aryl methyl sites for hydroxylation is 1. The Bertz CT molecular complexity index is 1230. The summed E-state index contributed by atoms with van der Waals surface area (Å²) in [7, 11) is 0. The van der Waals surface area contributed by atoms with Gasteiger partial charge in [-0.2, -0.15) is 0 Å². The molecule has 1 aromatic heterocycles. The van der Waals surface area contributed by atoms with Crippen molar-refractivity contribution in [3.63, 3.8) is 0 Å². The Morgan fingerprint density at radius 2 is 1.77 bits per heavy atom. The van der Waals surface area contributed by atoms with E-state index in [1.54, 1.807) is 36.4 Å². The average molecular weight is 481 g/mol. The van der Waals surface area contributed by atoms with Crippen LogP contribution in [0.4, 0.5) is 0 Å². The van der Waals surface area contributed by atoms with Gasteiger partial charge in [0.05, 0.1) is 5.69 Å². The van der Waals surface area contributed by atoms with Gasteiger partial charge in [0.2, 0.25) is 0 Å². The molecule has 0 bridgehead atoms. The van der Waals surface area contributed by atoms with Gasteiger partial charge in [0.15, 0.2) is 0 Å². The number of carbonyl (C=O) groups excluding carboxylic acids is 1. The maximum atomic E-state index is 13.1. The van der Waals surface area contributed by atoms with E-state index < -0.39 is 17.2 Å². The molecule has 0 aliphatic carbocycles. The summed E-state index contributed by atoms with van der Waals surface area (Å²) in [6.07, 6.45) is 2.87. The predicted molar refractivity (Wildman–Crippen MR) is 124 cm³/mol. The minimum atomic E-state index is -0.722. The molecule has 6 nitrogen and oxygen atoms in total. The van der Waals surface area contributed by atoms with Gasteiger partial charge in [-0.25, -0.2) is 9.36 Å². The smallest absolute Gasteiger partial charge is 0.335 e. The summed E-state index contributed by atoms with van der Waals surface area (Å²) in [5.41, 5.74) is -0.462. The zero-order chi connectivity index (χ0) is 22.5. The molecule has 1 N–H and O–H groups in total. The second-order valence-corrected chi connectivity index (χ2v) is 8.19. The Morgan fingerprint density at radius 1 is 1.03 bits per heavy atom. The lowest BCUT2D eigenvalue weighted by atomic mass is 10.2. The third-order valence-corrected chi connectivity index (χ3v) is 5.50. The summed E-state index contributed by atoms with van der Waals surface area (Å²) in [5, 5.41) is 3.94. The molecule has 0 spiro atoms. The first-order valence-corrected chi connectivity index (χ1v) is 10.8. The number of hydrogen-bond acceptors (Lipinski definition) is 3. The largest absolute Gasteiger partial charge is 0.348 e. The van der Waals surface area contributed by atoms with Crippen LogP contribution >= 0.6 is 34.8 Å². The summed E-state index contributed by atoms with van der Waals surface area (Å²) in [4.78, 5) is 38.9. The predicted octanol–water partition coefficient (Wildman–Crippen LogP) is 4.69. The minimum Gasteiger partial charge on any atom is -0.348 e. The second kappa shape index (κ2) is 10.2. The van der Waals surface area contributed by atoms with Gasteiger partial charge in [-0.15, -0.1) is 0 Å². The van der Waals surface area contributed by atoms with Crippen molar-refractivity contribution in [3.05, 3.63) is 95.7 Å². The number of halogens is 3. The lowest BCUT2D eigenvalue weighted by Crippen LogP contribution is -2.43. The molecule has 0 radical (unpaired) electrons. The van der Waals surface area contributed by atoms with Crippen LogP contribution in [0.5, 0.6) is 0 Å². The summed E-state index contributed by atoms with van der Waals surface area (Å²) in [5.74, 6) is -0.614. The summed E-state index contributed by atoms with van der Waals surface area (Å²) >= 11 is 18.1. The molecule has 162 valence electrons. The first kappa shape index (κ1) is 23.1. The molecule has 31 heavy (non-hydrogen) atoms. The quantitative estimate of drug-likeness (QED) is 0.533. The fraction of sp³-hybridized carbons (Fsp3) is 0.227. The highest BCUT2D eigenvalue weighted by Crippen LogP contribution is 2.20. The van der Waals surface area contributed by atoms with Gasteiger partial charge in [0, 0.05) is 34.4 Å². The fourth-order valence-electron chi connectivity index (χ4n) is 3.03. The topological polar surface area (TPSA) is 73.1 Å². The van der Waals surface area contributed by atoms with Crippen LogP contribution in [-0.2, 0) is 13.1 Å². The molecular formula is C22H20Cl3N3O3. The first-order chi connectivity index (χ1) is 14.8. The molecule has 0 aliphatic rings. The van der Waals surface area contributed by atoms with Crippen LogP contribution in [0.25, 0.3) is 5.69 Å². The van der Waals surface area contributed by atoms with Gasteiger partial charge < -0.3 is 5.32 Å². The Balaban J connectivity index is 2.02. The van der Waals surface area contributed by atoms with Crippen LogP contribution in [0.1, 0.15) is 35.7 Å². The number of rotatable bonds is 7. The van der Waals surface area contributed by atoms with Crippen molar-refractivity contribution >= 4 is 40.7 Å². The molecule has 0 fully saturated rings. The average Bonchev–Trinajstić information content (AvgIpc) is 2.72. The lowest BCUT2D eigenvalue weighted by molar-refractivity contribution is 0.0948. The van der Waals surface area contributed by atoms with Gasteiger partial charge in [-0.3, -0.25) is 14.2 Å². The summed E-state index contributed by atoms with van der Waals surface area (Å²) in [6.45, 7) is 2.46. The second-order valence-electron chi connectivity index (χ2n) is 6.91. The van der Waals surface area contributed by atoms with Gasteiger partial charge in [-0.1, -0.05) is 60.3 Å². The molecule has 3 aromatic rings. The van der Waals surface area contributed by atoms with Crippen LogP contribution in [0.2, 0.25) is 15.1 Å². The van der Waals surface area contributed by atoms with E-state index >= 15 is 0 Å². The van der Waals surface area contributed by atoms with Gasteiger partial charge in [-0.05, 0) is 42.3 Å². The highest BCUT2D eigenvalue weighted by molar-refractivity contribution is 6.35. The van der Waals surface area contributed by atoms with Crippen molar-refractivity contribution in [2.24, 2.45) is 0 Å². The number of nitrogens with zero attached hydrogens (tertiary/aromatic N) is 2. The number of hydrogen-bond donors (Lipinski definition) is 1. The maximum absolute atomic E-state index is 13.1. The highest BCUT2D eigenvalue weighted by atomic mass is 35.5. The van der Waals surface area contributed by atoms with Crippen LogP contribution < -0.4 is 16.6 Å². The summed E-state index contributed by atoms with van der Waals surface area (Å²) in [6, 6.07) is 11.3. The third kappa shape index (κ3) is 5.39. The molecular weight excluding hydrogens is 461 g/mol. The van der Waals surface area contributed by atoms with E-state index in [1.165, 1.54) is 16.8 Å². The molecule has 1 amide bonds. The van der Waals surface area contributed by atoms with Crippen molar-refractivity contribution in [3.8, 4) is 5.69 Å². The van der Waals surface area contributed by atoms with Crippen LogP contribution in [0.15, 0.2) is 58.3 Å². The van der Waals surface area contributed by atoms with Crippen molar-refractivity contribution in [1.82, 2.24) is 14.5 Å². The molecule has 9 heteroatoms. The van der Waals surface area contributed by atoms with E-state index in [4.69, 9.17) is 34.8 Å². The van der Waals surface area contributed by atoms with E-state index in [2.05, 4.69) is 5.32 Å². The van der Waals surface area contributed by atoms with Crippen molar-refractivity contribution < 1.29 is 4.79 Å². The van der Waals surface area contributed by atoms with Crippen molar-refractivity contribution in [2.75, 3.05) is 0 Å². The maximum Gasteiger partial charge on any atom is 0.335 e. The monoisotopic (exact) mass is 479 g/mol.